The second-order valence-electron chi connectivity index (χ2n) is 5.28. The van der Waals surface area contributed by atoms with Crippen LogP contribution in [0.4, 0.5) is 0 Å². The van der Waals surface area contributed by atoms with Gasteiger partial charge in [-0.15, -0.1) is 0 Å². The third kappa shape index (κ3) is 2.51. The minimum Gasteiger partial charge on any atom is -0.369 e. The summed E-state index contributed by atoms with van der Waals surface area (Å²) in [6.07, 6.45) is 6.02. The fourth-order valence-corrected chi connectivity index (χ4v) is 3.06. The predicted octanol–water partition coefficient (Wildman–Crippen LogP) is 1.37. The molecule has 15 heavy (non-hydrogen) atoms. The lowest BCUT2D eigenvalue weighted by Crippen LogP contribution is -2.43. The summed E-state index contributed by atoms with van der Waals surface area (Å²) in [5.41, 5.74) is 5.33. The second-order valence-corrected chi connectivity index (χ2v) is 5.28. The van der Waals surface area contributed by atoms with Gasteiger partial charge in [-0.3, -0.25) is 4.79 Å². The number of carbonyl (C=O) groups is 1. The zero-order chi connectivity index (χ0) is 10.8. The van der Waals surface area contributed by atoms with E-state index >= 15 is 0 Å². The molecule has 2 aliphatic rings. The fraction of sp³-hybridized carbons (Fsp3) is 0.917. The van der Waals surface area contributed by atoms with Crippen molar-refractivity contribution in [2.75, 3.05) is 13.1 Å². The van der Waals surface area contributed by atoms with E-state index in [-0.39, 0.29) is 11.8 Å². The minimum absolute atomic E-state index is 0.102. The number of primary amides is 1. The second kappa shape index (κ2) is 4.52. The first-order valence-electron chi connectivity index (χ1n) is 6.20. The monoisotopic (exact) mass is 210 g/mol. The lowest BCUT2D eigenvalue weighted by atomic mass is 9.95. The normalized spacial score (nSPS) is 34.5. The van der Waals surface area contributed by atoms with Crippen molar-refractivity contribution in [1.82, 2.24) is 4.90 Å². The molecule has 0 aromatic heterocycles. The lowest BCUT2D eigenvalue weighted by Gasteiger charge is -2.35. The number of carbonyl (C=O) groups excluding carboxylic acids is 1. The maximum atomic E-state index is 11.0. The number of hydrogen-bond donors (Lipinski definition) is 1. The third-order valence-electron chi connectivity index (χ3n) is 4.12. The van der Waals surface area contributed by atoms with E-state index in [2.05, 4.69) is 11.8 Å². The molecule has 0 aromatic rings. The van der Waals surface area contributed by atoms with E-state index in [0.29, 0.717) is 0 Å². The fourth-order valence-electron chi connectivity index (χ4n) is 3.06. The Kier molecular flexibility index (Phi) is 3.29. The molecule has 1 saturated heterocycles. The number of amides is 1. The van der Waals surface area contributed by atoms with Gasteiger partial charge in [0.1, 0.15) is 0 Å². The molecule has 0 aromatic carbocycles. The van der Waals surface area contributed by atoms with E-state index in [1.165, 1.54) is 19.3 Å². The summed E-state index contributed by atoms with van der Waals surface area (Å²) in [6.45, 7) is 4.49. The Morgan fingerprint density at radius 3 is 2.33 bits per heavy atom. The van der Waals surface area contributed by atoms with E-state index < -0.39 is 0 Å². The van der Waals surface area contributed by atoms with Crippen molar-refractivity contribution < 1.29 is 4.79 Å². The third-order valence-corrected chi connectivity index (χ3v) is 4.12. The Bertz CT molecular complexity index is 234. The maximum Gasteiger partial charge on any atom is 0.220 e. The van der Waals surface area contributed by atoms with Crippen molar-refractivity contribution in [3.8, 4) is 0 Å². The highest BCUT2D eigenvalue weighted by atomic mass is 16.1. The minimum atomic E-state index is -0.102. The highest BCUT2D eigenvalue weighted by molar-refractivity contribution is 5.76. The van der Waals surface area contributed by atoms with Gasteiger partial charge in [-0.2, -0.15) is 0 Å². The number of rotatable bonds is 2. The molecule has 0 radical (unpaired) electrons. The molecule has 1 aliphatic carbocycles. The topological polar surface area (TPSA) is 46.3 Å². The Labute approximate surface area is 92.0 Å². The number of piperidine rings is 1. The Balaban J connectivity index is 1.80. The summed E-state index contributed by atoms with van der Waals surface area (Å²) < 4.78 is 0. The summed E-state index contributed by atoms with van der Waals surface area (Å²) in [6, 6.07) is 0.786. The highest BCUT2D eigenvalue weighted by Crippen LogP contribution is 2.31. The van der Waals surface area contributed by atoms with Crippen LogP contribution in [0, 0.1) is 11.8 Å². The molecule has 1 heterocycles. The van der Waals surface area contributed by atoms with Gasteiger partial charge in [0, 0.05) is 12.0 Å². The van der Waals surface area contributed by atoms with Crippen LogP contribution in [0.5, 0.6) is 0 Å². The van der Waals surface area contributed by atoms with Crippen molar-refractivity contribution in [3.63, 3.8) is 0 Å². The van der Waals surface area contributed by atoms with Crippen LogP contribution in [0.3, 0.4) is 0 Å². The van der Waals surface area contributed by atoms with Crippen LogP contribution >= 0.6 is 0 Å². The lowest BCUT2D eigenvalue weighted by molar-refractivity contribution is -0.123. The molecule has 2 atom stereocenters. The quantitative estimate of drug-likeness (QED) is 0.748. The molecule has 1 aliphatic heterocycles. The van der Waals surface area contributed by atoms with Crippen molar-refractivity contribution in [2.24, 2.45) is 17.6 Å². The molecule has 2 rings (SSSR count). The van der Waals surface area contributed by atoms with E-state index in [1.807, 2.05) is 0 Å². The standard InChI is InChI=1S/C12H22N2O/c1-9-2-3-11(8-9)14-6-4-10(5-7-14)12(13)15/h9-11H,2-8H2,1H3,(H2,13,15). The molecule has 1 amide bonds. The number of nitrogens with two attached hydrogens (primary N) is 1. The zero-order valence-electron chi connectivity index (χ0n) is 9.61. The average molecular weight is 210 g/mol. The van der Waals surface area contributed by atoms with Crippen LogP contribution in [-0.4, -0.2) is 29.9 Å². The summed E-state index contributed by atoms with van der Waals surface area (Å²) in [5, 5.41) is 0. The molecule has 3 heteroatoms. The van der Waals surface area contributed by atoms with Gasteiger partial charge in [-0.25, -0.2) is 0 Å². The largest absolute Gasteiger partial charge is 0.369 e. The van der Waals surface area contributed by atoms with Gasteiger partial charge in [-0.1, -0.05) is 6.92 Å². The Morgan fingerprint density at radius 1 is 1.20 bits per heavy atom. The van der Waals surface area contributed by atoms with Crippen molar-refractivity contribution in [1.29, 1.82) is 0 Å². The van der Waals surface area contributed by atoms with Gasteiger partial charge in [0.15, 0.2) is 0 Å². The summed E-state index contributed by atoms with van der Waals surface area (Å²) in [4.78, 5) is 13.6. The molecule has 0 bridgehead atoms. The number of likely N-dealkylation sites (tertiary alicyclic amines) is 1. The van der Waals surface area contributed by atoms with Crippen LogP contribution in [0.25, 0.3) is 0 Å². The highest BCUT2D eigenvalue weighted by Gasteiger charge is 2.31. The van der Waals surface area contributed by atoms with E-state index in [1.54, 1.807) is 0 Å². The van der Waals surface area contributed by atoms with Gasteiger partial charge in [0.05, 0.1) is 0 Å². The summed E-state index contributed by atoms with van der Waals surface area (Å²) >= 11 is 0. The van der Waals surface area contributed by atoms with Gasteiger partial charge in [0.2, 0.25) is 5.91 Å². The first-order chi connectivity index (χ1) is 7.16. The van der Waals surface area contributed by atoms with E-state index in [0.717, 1.165) is 37.9 Å². The smallest absolute Gasteiger partial charge is 0.220 e. The van der Waals surface area contributed by atoms with Crippen LogP contribution in [0.15, 0.2) is 0 Å². The van der Waals surface area contributed by atoms with Crippen molar-refractivity contribution in [2.45, 2.75) is 45.1 Å². The van der Waals surface area contributed by atoms with Crippen LogP contribution in [0.1, 0.15) is 39.0 Å². The molecular formula is C12H22N2O. The summed E-state index contributed by atoms with van der Waals surface area (Å²) in [5.74, 6) is 0.929. The molecule has 2 fully saturated rings. The first kappa shape index (κ1) is 10.9. The maximum absolute atomic E-state index is 11.0. The van der Waals surface area contributed by atoms with Gasteiger partial charge in [0.25, 0.3) is 0 Å². The number of hydrogen-bond acceptors (Lipinski definition) is 2. The molecule has 0 spiro atoms. The summed E-state index contributed by atoms with van der Waals surface area (Å²) in [7, 11) is 0. The van der Waals surface area contributed by atoms with E-state index in [9.17, 15) is 4.79 Å². The Morgan fingerprint density at radius 2 is 1.87 bits per heavy atom. The van der Waals surface area contributed by atoms with Crippen molar-refractivity contribution >= 4 is 5.91 Å². The molecule has 1 saturated carbocycles. The van der Waals surface area contributed by atoms with Crippen LogP contribution in [0.2, 0.25) is 0 Å². The van der Waals surface area contributed by atoms with Gasteiger partial charge < -0.3 is 10.6 Å². The van der Waals surface area contributed by atoms with Crippen molar-refractivity contribution in [3.05, 3.63) is 0 Å². The molecular weight excluding hydrogens is 188 g/mol. The predicted molar refractivity (Wildman–Crippen MR) is 60.3 cm³/mol. The zero-order valence-corrected chi connectivity index (χ0v) is 9.61. The molecule has 86 valence electrons. The average Bonchev–Trinajstić information content (AvgIpc) is 2.65. The van der Waals surface area contributed by atoms with Crippen LogP contribution in [-0.2, 0) is 4.79 Å². The molecule has 2 unspecified atom stereocenters. The SMILES string of the molecule is CC1CCC(N2CCC(C(N)=O)CC2)C1. The van der Waals surface area contributed by atoms with Gasteiger partial charge in [-0.05, 0) is 51.1 Å². The van der Waals surface area contributed by atoms with Gasteiger partial charge >= 0.3 is 0 Å². The van der Waals surface area contributed by atoms with E-state index in [4.69, 9.17) is 5.73 Å². The van der Waals surface area contributed by atoms with Crippen LogP contribution < -0.4 is 5.73 Å². The first-order valence-corrected chi connectivity index (χ1v) is 6.20. The molecule has 2 N–H and O–H groups in total. The Hall–Kier alpha value is -0.570. The molecule has 3 nitrogen and oxygen atoms in total. The number of nitrogens with zero attached hydrogens (tertiary/aromatic N) is 1.